The van der Waals surface area contributed by atoms with E-state index in [4.69, 9.17) is 29.4 Å². The van der Waals surface area contributed by atoms with Crippen LogP contribution < -0.4 is 5.73 Å². The van der Waals surface area contributed by atoms with Gasteiger partial charge in [-0.25, -0.2) is 4.57 Å². The first-order valence-electron chi connectivity index (χ1n) is 25.2. The molecule has 10 nitrogen and oxygen atoms in total. The van der Waals surface area contributed by atoms with Crippen LogP contribution in [0, 0.1) is 0 Å². The van der Waals surface area contributed by atoms with Crippen LogP contribution in [-0.2, 0) is 32.7 Å². The first-order chi connectivity index (χ1) is 30.2. The van der Waals surface area contributed by atoms with E-state index in [1.54, 1.807) is 0 Å². The Labute approximate surface area is 379 Å². The highest BCUT2D eigenvalue weighted by molar-refractivity contribution is 7.47. The summed E-state index contributed by atoms with van der Waals surface area (Å²) in [4.78, 5) is 33.7. The number of carbonyl (C=O) groups excluding carboxylic acids is 1. The normalized spacial score (nSPS) is 14.1. The number of ether oxygens (including phenoxy) is 2. The molecule has 11 heteroatoms. The van der Waals surface area contributed by atoms with Crippen LogP contribution in [0.2, 0.25) is 0 Å². The van der Waals surface area contributed by atoms with Crippen molar-refractivity contribution >= 4 is 19.8 Å². The van der Waals surface area contributed by atoms with Crippen molar-refractivity contribution in [2.24, 2.45) is 5.73 Å². The number of allylic oxidation sites excluding steroid dienone is 8. The fourth-order valence-corrected chi connectivity index (χ4v) is 7.68. The van der Waals surface area contributed by atoms with Gasteiger partial charge in [-0.05, 0) is 77.0 Å². The molecule has 0 aromatic carbocycles. The van der Waals surface area contributed by atoms with Crippen LogP contribution in [0.5, 0.6) is 0 Å². The SMILES string of the molecule is CCCCCC/C=C\C/C=C\CCCCCCCCCCOCC(COP(=O)(O)OCC(N)C(=O)O)OC(=O)CCCCCCCCCCC/C=C\C/C=C\CCCCCCC. The standard InChI is InChI=1S/C51H94NO9P/c1-3-5-7-9-11-13-15-17-19-21-23-24-25-27-29-31-33-35-37-39-41-43-50(53)61-48(46-59-62(56,57)60-47-49(52)51(54)55)45-58-44-42-40-38-36-34-32-30-28-26-22-20-18-16-14-12-10-8-6-4-2/h14-17,20-23,48-49H,3-13,18-19,24-47,52H2,1-2H3,(H,54,55)(H,56,57)/b16-14-,17-15-,22-20-,23-21-. The lowest BCUT2D eigenvalue weighted by Gasteiger charge is -2.20. The number of phosphoric ester groups is 1. The van der Waals surface area contributed by atoms with E-state index in [1.165, 1.54) is 135 Å². The smallest absolute Gasteiger partial charge is 0.472 e. The number of carbonyl (C=O) groups is 2. The molecule has 0 aromatic heterocycles. The van der Waals surface area contributed by atoms with Crippen molar-refractivity contribution in [2.45, 2.75) is 238 Å². The molecule has 3 atom stereocenters. The van der Waals surface area contributed by atoms with Crippen molar-refractivity contribution in [1.82, 2.24) is 0 Å². The number of rotatable bonds is 48. The zero-order chi connectivity index (χ0) is 45.5. The van der Waals surface area contributed by atoms with Gasteiger partial charge in [0, 0.05) is 13.0 Å². The molecule has 0 spiro atoms. The summed E-state index contributed by atoms with van der Waals surface area (Å²) >= 11 is 0. The van der Waals surface area contributed by atoms with E-state index in [2.05, 4.69) is 62.5 Å². The largest absolute Gasteiger partial charge is 0.480 e. The van der Waals surface area contributed by atoms with Gasteiger partial charge in [-0.3, -0.25) is 18.6 Å². The number of esters is 1. The average molecular weight is 896 g/mol. The van der Waals surface area contributed by atoms with Crippen LogP contribution in [0.1, 0.15) is 226 Å². The fourth-order valence-electron chi connectivity index (χ4n) is 6.90. The lowest BCUT2D eigenvalue weighted by molar-refractivity contribution is -0.154. The van der Waals surface area contributed by atoms with E-state index in [9.17, 15) is 19.0 Å². The van der Waals surface area contributed by atoms with Crippen molar-refractivity contribution in [3.05, 3.63) is 48.6 Å². The molecule has 0 amide bonds. The third-order valence-corrected chi connectivity index (χ3v) is 11.8. The van der Waals surface area contributed by atoms with Crippen molar-refractivity contribution in [3.63, 3.8) is 0 Å². The molecule has 0 aromatic rings. The van der Waals surface area contributed by atoms with Crippen molar-refractivity contribution < 1.29 is 42.7 Å². The Bertz CT molecular complexity index is 1170. The second kappa shape index (κ2) is 46.9. The predicted molar refractivity (Wildman–Crippen MR) is 258 cm³/mol. The van der Waals surface area contributed by atoms with Crippen LogP contribution in [0.3, 0.4) is 0 Å². The van der Waals surface area contributed by atoms with Crippen LogP contribution in [0.4, 0.5) is 0 Å². The lowest BCUT2D eigenvalue weighted by Crippen LogP contribution is -2.34. The molecule has 0 rings (SSSR count). The maximum absolute atomic E-state index is 12.7. The molecule has 362 valence electrons. The second-order valence-corrected chi connectivity index (χ2v) is 18.4. The molecular weight excluding hydrogens is 802 g/mol. The molecule has 0 fully saturated rings. The third kappa shape index (κ3) is 45.9. The van der Waals surface area contributed by atoms with Crippen LogP contribution in [0.15, 0.2) is 48.6 Å². The van der Waals surface area contributed by atoms with Gasteiger partial charge in [0.25, 0.3) is 0 Å². The topological polar surface area (TPSA) is 155 Å². The summed E-state index contributed by atoms with van der Waals surface area (Å²) in [5.74, 6) is -1.78. The number of unbranched alkanes of at least 4 members (excludes halogenated alkanes) is 26. The molecule has 0 aliphatic carbocycles. The molecule has 0 bridgehead atoms. The Morgan fingerprint density at radius 2 is 0.887 bits per heavy atom. The minimum Gasteiger partial charge on any atom is -0.480 e. The predicted octanol–water partition coefficient (Wildman–Crippen LogP) is 14.6. The van der Waals surface area contributed by atoms with Gasteiger partial charge >= 0.3 is 19.8 Å². The molecule has 0 aliphatic rings. The number of carboxylic acid groups (broad SMARTS) is 1. The number of phosphoric acid groups is 1. The summed E-state index contributed by atoms with van der Waals surface area (Å²) in [5.41, 5.74) is 5.37. The van der Waals surface area contributed by atoms with Gasteiger partial charge in [0.2, 0.25) is 0 Å². The van der Waals surface area contributed by atoms with Gasteiger partial charge in [-0.1, -0.05) is 191 Å². The highest BCUT2D eigenvalue weighted by Gasteiger charge is 2.27. The fraction of sp³-hybridized carbons (Fsp3) is 0.804. The summed E-state index contributed by atoms with van der Waals surface area (Å²) in [6.07, 6.45) is 55.9. The van der Waals surface area contributed by atoms with Crippen LogP contribution in [-0.4, -0.2) is 60.5 Å². The first kappa shape index (κ1) is 59.9. The highest BCUT2D eigenvalue weighted by Crippen LogP contribution is 2.43. The molecular formula is C51H94NO9P. The highest BCUT2D eigenvalue weighted by atomic mass is 31.2. The Balaban J connectivity index is 4.17. The minimum absolute atomic E-state index is 0.0110. The summed E-state index contributed by atoms with van der Waals surface area (Å²) in [6.45, 7) is 3.86. The zero-order valence-electron chi connectivity index (χ0n) is 39.7. The van der Waals surface area contributed by atoms with E-state index < -0.39 is 45.1 Å². The Hall–Kier alpha value is -2.07. The Morgan fingerprint density at radius 1 is 0.516 bits per heavy atom. The summed E-state index contributed by atoms with van der Waals surface area (Å²) in [6, 6.07) is -1.48. The molecule has 3 unspecified atom stereocenters. The number of hydrogen-bond acceptors (Lipinski definition) is 8. The monoisotopic (exact) mass is 896 g/mol. The van der Waals surface area contributed by atoms with Crippen molar-refractivity contribution in [3.8, 4) is 0 Å². The number of carboxylic acids is 1. The third-order valence-electron chi connectivity index (χ3n) is 10.8. The van der Waals surface area contributed by atoms with Gasteiger partial charge in [0.1, 0.15) is 12.1 Å². The molecule has 0 heterocycles. The quantitative estimate of drug-likeness (QED) is 0.0233. The molecule has 4 N–H and O–H groups in total. The number of hydrogen-bond donors (Lipinski definition) is 3. The van der Waals surface area contributed by atoms with Gasteiger partial charge in [-0.2, -0.15) is 0 Å². The number of nitrogens with two attached hydrogens (primary N) is 1. The summed E-state index contributed by atoms with van der Waals surface area (Å²) in [7, 11) is -4.63. The molecule has 0 saturated heterocycles. The van der Waals surface area contributed by atoms with Crippen molar-refractivity contribution in [1.29, 1.82) is 0 Å². The van der Waals surface area contributed by atoms with Crippen LogP contribution >= 0.6 is 7.82 Å². The first-order valence-corrected chi connectivity index (χ1v) is 26.7. The zero-order valence-corrected chi connectivity index (χ0v) is 40.6. The molecule has 0 radical (unpaired) electrons. The van der Waals surface area contributed by atoms with E-state index in [0.717, 1.165) is 64.2 Å². The van der Waals surface area contributed by atoms with Gasteiger partial charge < -0.3 is 25.2 Å². The summed E-state index contributed by atoms with van der Waals surface area (Å²) in [5, 5.41) is 8.92. The van der Waals surface area contributed by atoms with Gasteiger partial charge in [-0.15, -0.1) is 0 Å². The van der Waals surface area contributed by atoms with E-state index in [0.29, 0.717) is 13.0 Å². The maximum atomic E-state index is 12.7. The molecule has 0 saturated carbocycles. The van der Waals surface area contributed by atoms with Crippen molar-refractivity contribution in [2.75, 3.05) is 26.4 Å². The lowest BCUT2D eigenvalue weighted by atomic mass is 10.1. The average Bonchev–Trinajstić information content (AvgIpc) is 3.25. The summed E-state index contributed by atoms with van der Waals surface area (Å²) < 4.78 is 33.5. The maximum Gasteiger partial charge on any atom is 0.472 e. The van der Waals surface area contributed by atoms with Gasteiger partial charge in [0.05, 0.1) is 19.8 Å². The molecule has 0 aliphatic heterocycles. The van der Waals surface area contributed by atoms with E-state index >= 15 is 0 Å². The Morgan fingerprint density at radius 3 is 1.32 bits per heavy atom. The van der Waals surface area contributed by atoms with E-state index in [-0.39, 0.29) is 13.0 Å². The van der Waals surface area contributed by atoms with Crippen LogP contribution in [0.25, 0.3) is 0 Å². The minimum atomic E-state index is -4.63. The second-order valence-electron chi connectivity index (χ2n) is 16.9. The van der Waals surface area contributed by atoms with Gasteiger partial charge in [0.15, 0.2) is 0 Å². The Kier molecular flexibility index (Phi) is 45.3. The molecule has 62 heavy (non-hydrogen) atoms. The van der Waals surface area contributed by atoms with E-state index in [1.807, 2.05) is 0 Å². The number of aliphatic carboxylic acids is 1.